The molecular weight excluding hydrogens is 557 g/mol. The average Bonchev–Trinajstić information content (AvgIpc) is 3.05. The smallest absolute Gasteiger partial charge is 0.402 e. The zero-order valence-electron chi connectivity index (χ0n) is 23.9. The highest BCUT2D eigenvalue weighted by Gasteiger charge is 2.54. The number of halogens is 3. The average molecular weight is 587 g/mol. The van der Waals surface area contributed by atoms with Crippen LogP contribution in [0.3, 0.4) is 0 Å². The van der Waals surface area contributed by atoms with Gasteiger partial charge in [0.15, 0.2) is 0 Å². The number of hydrogen-bond acceptors (Lipinski definition) is 2. The summed E-state index contributed by atoms with van der Waals surface area (Å²) in [6.45, 7) is 1.17. The van der Waals surface area contributed by atoms with E-state index < -0.39 is 11.6 Å². The molecular formula is C39H29F3O2. The largest absolute Gasteiger partial charge is 0.507 e. The molecule has 0 amide bonds. The minimum Gasteiger partial charge on any atom is -0.507 e. The Kier molecular flexibility index (Phi) is 7.48. The van der Waals surface area contributed by atoms with E-state index in [2.05, 4.69) is 0 Å². The molecule has 0 aromatic heterocycles. The van der Waals surface area contributed by atoms with E-state index in [-0.39, 0.29) is 22.6 Å². The molecule has 0 bridgehead atoms. The van der Waals surface area contributed by atoms with E-state index in [1.807, 2.05) is 24.3 Å². The minimum absolute atomic E-state index is 0.0378. The summed E-state index contributed by atoms with van der Waals surface area (Å²) in [5.74, 6) is -0.201. The summed E-state index contributed by atoms with van der Waals surface area (Å²) < 4.78 is 47.1. The molecule has 6 aromatic rings. The molecule has 218 valence electrons. The van der Waals surface area contributed by atoms with Crippen molar-refractivity contribution in [1.82, 2.24) is 0 Å². The molecule has 0 saturated heterocycles. The SMILES string of the molecule is CC(c1cc(-c2ccccc2)c(O)c(-c2ccccc2)c1)(c1cc(-c2ccccc2)c(O)c(-c2ccccc2)c1)C(F)(F)F. The standard InChI is InChI=1S/C39H29F3O2/c1-38(39(40,41)42,30-22-32(26-14-6-2-7-15-26)36(43)33(23-30)27-16-8-3-9-17-27)31-24-34(28-18-10-4-11-19-28)37(44)35(25-31)29-20-12-5-13-21-29/h2-25,43-44H,1H3. The number of alkyl halides is 3. The summed E-state index contributed by atoms with van der Waals surface area (Å²) in [5, 5.41) is 22.9. The van der Waals surface area contributed by atoms with Gasteiger partial charge in [0.2, 0.25) is 0 Å². The molecule has 2 N–H and O–H groups in total. The highest BCUT2D eigenvalue weighted by atomic mass is 19.4. The summed E-state index contributed by atoms with van der Waals surface area (Å²) in [7, 11) is 0. The topological polar surface area (TPSA) is 40.5 Å². The van der Waals surface area contributed by atoms with Crippen LogP contribution in [-0.4, -0.2) is 16.4 Å². The molecule has 0 radical (unpaired) electrons. The molecule has 2 nitrogen and oxygen atoms in total. The number of hydrogen-bond donors (Lipinski definition) is 2. The molecule has 0 spiro atoms. The molecule has 5 heteroatoms. The number of phenolic OH excluding ortho intramolecular Hbond substituents is 2. The zero-order valence-corrected chi connectivity index (χ0v) is 23.9. The maximum absolute atomic E-state index is 15.7. The molecule has 44 heavy (non-hydrogen) atoms. The molecule has 0 aliphatic heterocycles. The quantitative estimate of drug-likeness (QED) is 0.204. The van der Waals surface area contributed by atoms with Crippen LogP contribution in [0.15, 0.2) is 146 Å². The van der Waals surface area contributed by atoms with E-state index in [0.717, 1.165) is 0 Å². The Labute approximate surface area is 254 Å². The van der Waals surface area contributed by atoms with Crippen LogP contribution in [0.2, 0.25) is 0 Å². The van der Waals surface area contributed by atoms with Crippen LogP contribution in [0.4, 0.5) is 13.2 Å². The van der Waals surface area contributed by atoms with Gasteiger partial charge in [-0.2, -0.15) is 13.2 Å². The molecule has 6 rings (SSSR count). The van der Waals surface area contributed by atoms with Gasteiger partial charge in [0.1, 0.15) is 16.9 Å². The van der Waals surface area contributed by atoms with Crippen molar-refractivity contribution in [2.45, 2.75) is 18.5 Å². The fourth-order valence-electron chi connectivity index (χ4n) is 5.69. The third-order valence-corrected chi connectivity index (χ3v) is 8.28. The first kappa shape index (κ1) is 28.8. The Morgan fingerprint density at radius 2 is 0.636 bits per heavy atom. The maximum Gasteiger partial charge on any atom is 0.402 e. The third-order valence-electron chi connectivity index (χ3n) is 8.28. The number of rotatable bonds is 6. The molecule has 0 fully saturated rings. The summed E-state index contributed by atoms with van der Waals surface area (Å²) in [6, 6.07) is 41.4. The monoisotopic (exact) mass is 586 g/mol. The van der Waals surface area contributed by atoms with Crippen molar-refractivity contribution in [3.05, 3.63) is 157 Å². The van der Waals surface area contributed by atoms with Gasteiger partial charge in [-0.3, -0.25) is 0 Å². The lowest BCUT2D eigenvalue weighted by atomic mass is 9.72. The second-order valence-corrected chi connectivity index (χ2v) is 10.9. The van der Waals surface area contributed by atoms with E-state index in [1.165, 1.54) is 31.2 Å². The summed E-state index contributed by atoms with van der Waals surface area (Å²) in [5.41, 5.74) is 0.936. The van der Waals surface area contributed by atoms with Gasteiger partial charge in [-0.15, -0.1) is 0 Å². The van der Waals surface area contributed by atoms with Gasteiger partial charge in [0.05, 0.1) is 0 Å². The Hall–Kier alpha value is -5.29. The first-order chi connectivity index (χ1) is 21.2. The van der Waals surface area contributed by atoms with Gasteiger partial charge >= 0.3 is 6.18 Å². The van der Waals surface area contributed by atoms with Crippen molar-refractivity contribution in [1.29, 1.82) is 0 Å². The molecule has 0 aliphatic carbocycles. The van der Waals surface area contributed by atoms with E-state index >= 15 is 13.2 Å². The first-order valence-electron chi connectivity index (χ1n) is 14.2. The van der Waals surface area contributed by atoms with Crippen LogP contribution in [0.25, 0.3) is 44.5 Å². The Morgan fingerprint density at radius 1 is 0.409 bits per heavy atom. The van der Waals surface area contributed by atoms with Crippen LogP contribution in [0.1, 0.15) is 18.1 Å². The van der Waals surface area contributed by atoms with Gasteiger partial charge in [0.25, 0.3) is 0 Å². The number of phenols is 2. The molecule has 0 atom stereocenters. The Balaban J connectivity index is 1.69. The van der Waals surface area contributed by atoms with Crippen LogP contribution in [0.5, 0.6) is 11.5 Å². The molecule has 0 heterocycles. The molecule has 6 aromatic carbocycles. The third kappa shape index (κ3) is 5.11. The summed E-state index contributed by atoms with van der Waals surface area (Å²) >= 11 is 0. The predicted molar refractivity (Wildman–Crippen MR) is 170 cm³/mol. The van der Waals surface area contributed by atoms with E-state index in [0.29, 0.717) is 44.5 Å². The highest BCUT2D eigenvalue weighted by Crippen LogP contribution is 2.52. The van der Waals surface area contributed by atoms with Crippen LogP contribution in [0, 0.1) is 0 Å². The lowest BCUT2D eigenvalue weighted by molar-refractivity contribution is -0.173. The van der Waals surface area contributed by atoms with E-state index in [9.17, 15) is 10.2 Å². The number of aromatic hydroxyl groups is 2. The fourth-order valence-corrected chi connectivity index (χ4v) is 5.69. The van der Waals surface area contributed by atoms with Gasteiger partial charge in [0, 0.05) is 22.3 Å². The van der Waals surface area contributed by atoms with Gasteiger partial charge in [-0.05, 0) is 64.6 Å². The maximum atomic E-state index is 15.7. The normalized spacial score (nSPS) is 11.8. The van der Waals surface area contributed by atoms with Gasteiger partial charge in [-0.1, -0.05) is 121 Å². The minimum atomic E-state index is -4.76. The van der Waals surface area contributed by atoms with Crippen molar-refractivity contribution in [3.63, 3.8) is 0 Å². The van der Waals surface area contributed by atoms with Crippen LogP contribution >= 0.6 is 0 Å². The molecule has 0 unspecified atom stereocenters. The van der Waals surface area contributed by atoms with Crippen molar-refractivity contribution < 1.29 is 23.4 Å². The summed E-state index contributed by atoms with van der Waals surface area (Å²) in [6.07, 6.45) is -4.76. The van der Waals surface area contributed by atoms with E-state index in [1.54, 1.807) is 97.1 Å². The Bertz CT molecular complexity index is 1650. The second kappa shape index (κ2) is 11.4. The van der Waals surface area contributed by atoms with E-state index in [4.69, 9.17) is 0 Å². The van der Waals surface area contributed by atoms with Crippen molar-refractivity contribution in [2.24, 2.45) is 0 Å². The first-order valence-corrected chi connectivity index (χ1v) is 14.2. The van der Waals surface area contributed by atoms with Crippen molar-refractivity contribution >= 4 is 0 Å². The fraction of sp³-hybridized carbons (Fsp3) is 0.0769. The summed E-state index contributed by atoms with van der Waals surface area (Å²) in [4.78, 5) is 0. The van der Waals surface area contributed by atoms with Crippen molar-refractivity contribution in [3.8, 4) is 56.0 Å². The zero-order chi connectivity index (χ0) is 30.9. The predicted octanol–water partition coefficient (Wildman–Crippen LogP) is 10.6. The lowest BCUT2D eigenvalue weighted by Crippen LogP contribution is -2.40. The lowest BCUT2D eigenvalue weighted by Gasteiger charge is -2.35. The molecule has 0 aliphatic rings. The number of benzene rings is 6. The Morgan fingerprint density at radius 3 is 0.841 bits per heavy atom. The van der Waals surface area contributed by atoms with Crippen LogP contribution in [-0.2, 0) is 5.41 Å². The van der Waals surface area contributed by atoms with Gasteiger partial charge < -0.3 is 10.2 Å². The van der Waals surface area contributed by atoms with Crippen LogP contribution < -0.4 is 0 Å². The highest BCUT2D eigenvalue weighted by molar-refractivity contribution is 5.86. The second-order valence-electron chi connectivity index (χ2n) is 10.9. The molecule has 0 saturated carbocycles. The van der Waals surface area contributed by atoms with Crippen molar-refractivity contribution in [2.75, 3.05) is 0 Å². The van der Waals surface area contributed by atoms with Gasteiger partial charge in [-0.25, -0.2) is 0 Å².